The predicted octanol–water partition coefficient (Wildman–Crippen LogP) is 3.12. The van der Waals surface area contributed by atoms with Crippen LogP contribution in [0.3, 0.4) is 0 Å². The summed E-state index contributed by atoms with van der Waals surface area (Å²) in [5, 5.41) is 5.14. The second kappa shape index (κ2) is 7.53. The van der Waals surface area contributed by atoms with E-state index in [2.05, 4.69) is 9.94 Å². The van der Waals surface area contributed by atoms with Gasteiger partial charge in [-0.3, -0.25) is 14.3 Å². The van der Waals surface area contributed by atoms with Gasteiger partial charge in [-0.15, -0.1) is 0 Å². The molecule has 2 heterocycles. The molecule has 0 unspecified atom stereocenters. The number of fused-ring (bicyclic) bond motifs is 1. The molecule has 4 rings (SSSR count). The highest BCUT2D eigenvalue weighted by Crippen LogP contribution is 2.45. The number of aromatic nitrogens is 2. The van der Waals surface area contributed by atoms with Crippen molar-refractivity contribution in [2.24, 2.45) is 11.1 Å². The number of carbonyl (C=O) groups excluding carboxylic acids is 2. The molecule has 0 bridgehead atoms. The van der Waals surface area contributed by atoms with Gasteiger partial charge in [0.1, 0.15) is 5.69 Å². The molecule has 2 N–H and O–H groups in total. The summed E-state index contributed by atoms with van der Waals surface area (Å²) in [4.78, 5) is 30.5. The van der Waals surface area contributed by atoms with Gasteiger partial charge in [-0.2, -0.15) is 5.10 Å². The van der Waals surface area contributed by atoms with E-state index >= 15 is 0 Å². The van der Waals surface area contributed by atoms with E-state index in [0.29, 0.717) is 54.6 Å². The molecule has 29 heavy (non-hydrogen) atoms. The van der Waals surface area contributed by atoms with Crippen LogP contribution in [0, 0.1) is 12.0 Å². The highest BCUT2D eigenvalue weighted by Gasteiger charge is 2.43. The number of halogens is 1. The minimum atomic E-state index is -0.570. The van der Waals surface area contributed by atoms with Crippen molar-refractivity contribution in [2.75, 3.05) is 13.1 Å². The summed E-state index contributed by atoms with van der Waals surface area (Å²) < 4.78 is 1.76. The fraction of sp³-hybridized carbons (Fsp3) is 0.429. The van der Waals surface area contributed by atoms with Gasteiger partial charge >= 0.3 is 0 Å². The van der Waals surface area contributed by atoms with E-state index < -0.39 is 5.91 Å². The molecular formula is C21H22ClN5O2. The number of benzene rings is 1. The van der Waals surface area contributed by atoms with Crippen molar-refractivity contribution in [3.63, 3.8) is 0 Å². The number of hydrogen-bond acceptors (Lipinski definition) is 3. The second-order valence-corrected chi connectivity index (χ2v) is 8.37. The summed E-state index contributed by atoms with van der Waals surface area (Å²) in [7, 11) is 0. The number of hydrogen-bond donors (Lipinski definition) is 1. The highest BCUT2D eigenvalue weighted by molar-refractivity contribution is 6.30. The van der Waals surface area contributed by atoms with Crippen molar-refractivity contribution >= 4 is 23.4 Å². The molecular weight excluding hydrogens is 390 g/mol. The van der Waals surface area contributed by atoms with Crippen LogP contribution in [0.5, 0.6) is 0 Å². The standard InChI is InChI=1S/C21H22ClN5O2/c1-24-13-21(6-3-7-21)11-17(28)26-8-9-27-16(12-26)18(20(23)29)19(25-27)14-4-2-5-15(22)10-14/h2,4-5,10H,3,6-9,11-13H2,(H2,23,29). The molecule has 1 aliphatic heterocycles. The van der Waals surface area contributed by atoms with Gasteiger partial charge in [-0.25, -0.2) is 6.57 Å². The van der Waals surface area contributed by atoms with Crippen LogP contribution in [0.25, 0.3) is 16.1 Å². The zero-order valence-electron chi connectivity index (χ0n) is 16.0. The summed E-state index contributed by atoms with van der Waals surface area (Å²) in [6, 6.07) is 7.13. The van der Waals surface area contributed by atoms with E-state index in [4.69, 9.17) is 23.9 Å². The lowest BCUT2D eigenvalue weighted by Gasteiger charge is -2.39. The zero-order valence-corrected chi connectivity index (χ0v) is 16.8. The average molecular weight is 412 g/mol. The van der Waals surface area contributed by atoms with Crippen LogP contribution in [0.15, 0.2) is 24.3 Å². The molecule has 1 saturated carbocycles. The molecule has 7 nitrogen and oxygen atoms in total. The van der Waals surface area contributed by atoms with E-state index in [0.717, 1.165) is 24.8 Å². The predicted molar refractivity (Wildman–Crippen MR) is 109 cm³/mol. The van der Waals surface area contributed by atoms with Crippen LogP contribution in [-0.4, -0.2) is 39.6 Å². The van der Waals surface area contributed by atoms with E-state index in [1.54, 1.807) is 27.8 Å². The van der Waals surface area contributed by atoms with Crippen LogP contribution < -0.4 is 5.73 Å². The second-order valence-electron chi connectivity index (χ2n) is 7.93. The molecule has 1 aromatic heterocycles. The molecule has 1 fully saturated rings. The highest BCUT2D eigenvalue weighted by atomic mass is 35.5. The van der Waals surface area contributed by atoms with Gasteiger partial charge < -0.3 is 15.5 Å². The maximum absolute atomic E-state index is 13.0. The molecule has 2 aromatic rings. The maximum Gasteiger partial charge on any atom is 0.252 e. The van der Waals surface area contributed by atoms with Crippen molar-refractivity contribution in [3.8, 4) is 11.3 Å². The van der Waals surface area contributed by atoms with E-state index in [9.17, 15) is 9.59 Å². The Bertz CT molecular complexity index is 1020. The smallest absolute Gasteiger partial charge is 0.252 e. The average Bonchev–Trinajstić information content (AvgIpc) is 3.05. The summed E-state index contributed by atoms with van der Waals surface area (Å²) in [5.74, 6) is -0.542. The third-order valence-electron chi connectivity index (χ3n) is 6.03. The molecule has 8 heteroatoms. The molecule has 2 amide bonds. The molecule has 0 saturated heterocycles. The van der Waals surface area contributed by atoms with Crippen LogP contribution in [0.1, 0.15) is 41.7 Å². The minimum absolute atomic E-state index is 0.0283. The van der Waals surface area contributed by atoms with Gasteiger partial charge in [-0.05, 0) is 25.0 Å². The summed E-state index contributed by atoms with van der Waals surface area (Å²) in [6.07, 6.45) is 3.32. The number of amides is 2. The number of rotatable bonds is 5. The fourth-order valence-electron chi connectivity index (χ4n) is 4.30. The molecule has 0 radical (unpaired) electrons. The Labute approximate surface area is 174 Å². The first-order valence-electron chi connectivity index (χ1n) is 9.69. The summed E-state index contributed by atoms with van der Waals surface area (Å²) >= 11 is 6.10. The molecule has 1 aliphatic carbocycles. The largest absolute Gasteiger partial charge is 0.365 e. The van der Waals surface area contributed by atoms with Crippen LogP contribution >= 0.6 is 11.6 Å². The van der Waals surface area contributed by atoms with E-state index in [-0.39, 0.29) is 11.3 Å². The van der Waals surface area contributed by atoms with Crippen molar-refractivity contribution in [1.29, 1.82) is 0 Å². The van der Waals surface area contributed by atoms with Gasteiger partial charge in [0.15, 0.2) is 0 Å². The quantitative estimate of drug-likeness (QED) is 0.767. The number of carbonyl (C=O) groups is 2. The van der Waals surface area contributed by atoms with Gasteiger partial charge in [-0.1, -0.05) is 30.2 Å². The van der Waals surface area contributed by atoms with Crippen molar-refractivity contribution in [2.45, 2.75) is 38.8 Å². The lowest BCUT2D eigenvalue weighted by molar-refractivity contribution is -0.136. The summed E-state index contributed by atoms with van der Waals surface area (Å²) in [6.45, 7) is 8.89. The van der Waals surface area contributed by atoms with E-state index in [1.807, 2.05) is 6.07 Å². The van der Waals surface area contributed by atoms with E-state index in [1.165, 1.54) is 0 Å². The SMILES string of the molecule is [C-]#[N+]CC1(CC(=O)N2CCn3nc(-c4cccc(Cl)c4)c(C(N)=O)c3C2)CCC1. The molecule has 0 atom stereocenters. The first-order valence-corrected chi connectivity index (χ1v) is 10.1. The Morgan fingerprint density at radius 3 is 2.72 bits per heavy atom. The molecule has 2 aliphatic rings. The van der Waals surface area contributed by atoms with Gasteiger partial charge in [0, 0.05) is 23.6 Å². The first-order chi connectivity index (χ1) is 13.9. The first kappa shape index (κ1) is 19.5. The van der Waals surface area contributed by atoms with Crippen LogP contribution in [0.2, 0.25) is 5.02 Å². The zero-order chi connectivity index (χ0) is 20.6. The minimum Gasteiger partial charge on any atom is -0.365 e. The third kappa shape index (κ3) is 3.60. The lowest BCUT2D eigenvalue weighted by Crippen LogP contribution is -2.44. The third-order valence-corrected chi connectivity index (χ3v) is 6.27. The maximum atomic E-state index is 13.0. The van der Waals surface area contributed by atoms with Crippen LogP contribution in [-0.2, 0) is 17.9 Å². The topological polar surface area (TPSA) is 85.6 Å². The monoisotopic (exact) mass is 411 g/mol. The number of nitrogens with zero attached hydrogens (tertiary/aromatic N) is 4. The Morgan fingerprint density at radius 2 is 2.10 bits per heavy atom. The van der Waals surface area contributed by atoms with Gasteiger partial charge in [0.05, 0.1) is 29.8 Å². The normalized spacial score (nSPS) is 17.2. The Hall–Kier alpha value is -2.85. The van der Waals surface area contributed by atoms with Gasteiger partial charge in [0.25, 0.3) is 5.91 Å². The van der Waals surface area contributed by atoms with Gasteiger partial charge in [0.2, 0.25) is 12.5 Å². The number of primary amides is 1. The molecule has 150 valence electrons. The fourth-order valence-corrected chi connectivity index (χ4v) is 4.49. The van der Waals surface area contributed by atoms with Crippen molar-refractivity contribution < 1.29 is 9.59 Å². The Balaban J connectivity index is 1.61. The number of nitrogens with two attached hydrogens (primary N) is 1. The lowest BCUT2D eigenvalue weighted by atomic mass is 9.66. The van der Waals surface area contributed by atoms with Crippen molar-refractivity contribution in [3.05, 3.63) is 52.0 Å². The van der Waals surface area contributed by atoms with Crippen LogP contribution in [0.4, 0.5) is 0 Å². The Kier molecular flexibility index (Phi) is 5.05. The summed E-state index contributed by atoms with van der Waals surface area (Å²) in [5.41, 5.74) is 7.72. The molecule has 0 spiro atoms. The molecule has 1 aromatic carbocycles. The van der Waals surface area contributed by atoms with Crippen molar-refractivity contribution in [1.82, 2.24) is 14.7 Å². The Morgan fingerprint density at radius 1 is 1.31 bits per heavy atom.